The smallest absolute Gasteiger partial charge is 0.0627 e. The molecule has 2 nitrogen and oxygen atoms in total. The highest BCUT2D eigenvalue weighted by Crippen LogP contribution is 2.08. The molecule has 0 amide bonds. The molecule has 0 aliphatic rings. The van der Waals surface area contributed by atoms with Crippen LogP contribution in [0, 0.1) is 0 Å². The topological polar surface area (TPSA) is 38.0 Å². The molecular formula is C12H20N2. The molecule has 0 aromatic heterocycles. The summed E-state index contributed by atoms with van der Waals surface area (Å²) in [6, 6.07) is 0. The Balaban J connectivity index is 4.46. The molecule has 0 bridgehead atoms. The normalized spacial score (nSPS) is 12.6. The van der Waals surface area contributed by atoms with Gasteiger partial charge in [0, 0.05) is 5.70 Å². The van der Waals surface area contributed by atoms with Crippen molar-refractivity contribution in [2.75, 3.05) is 6.67 Å². The molecule has 0 atom stereocenters. The van der Waals surface area contributed by atoms with Crippen LogP contribution < -0.4 is 11.1 Å². The molecule has 0 saturated carbocycles. The lowest BCUT2D eigenvalue weighted by Gasteiger charge is -2.06. The summed E-state index contributed by atoms with van der Waals surface area (Å²) in [5.41, 5.74) is 9.53. The highest BCUT2D eigenvalue weighted by atomic mass is 15.0. The molecule has 3 N–H and O–H groups in total. The van der Waals surface area contributed by atoms with Gasteiger partial charge in [-0.15, -0.1) is 0 Å². The molecule has 0 unspecified atom stereocenters. The predicted octanol–water partition coefficient (Wildman–Crippen LogP) is 2.47. The average molecular weight is 192 g/mol. The standard InChI is InChI=1S/C12H20N2/c1-9(2)10(3)6-7-11(4)12(5)14-8-13/h6-7,14H,1,5,8,13H2,2-4H3/b10-6-,11-7+. The van der Waals surface area contributed by atoms with Gasteiger partial charge in [-0.05, 0) is 31.9 Å². The van der Waals surface area contributed by atoms with E-state index in [1.165, 1.54) is 5.57 Å². The lowest BCUT2D eigenvalue weighted by Crippen LogP contribution is -2.21. The highest BCUT2D eigenvalue weighted by molar-refractivity contribution is 5.34. The number of nitrogens with two attached hydrogens (primary N) is 1. The Morgan fingerprint density at radius 1 is 1.14 bits per heavy atom. The lowest BCUT2D eigenvalue weighted by atomic mass is 10.1. The first-order chi connectivity index (χ1) is 6.49. The molecule has 0 fully saturated rings. The Hall–Kier alpha value is -1.28. The Bertz CT molecular complexity index is 283. The number of hydrogen-bond donors (Lipinski definition) is 2. The van der Waals surface area contributed by atoms with Crippen molar-refractivity contribution in [3.63, 3.8) is 0 Å². The minimum atomic E-state index is 0.410. The van der Waals surface area contributed by atoms with E-state index in [0.29, 0.717) is 6.67 Å². The van der Waals surface area contributed by atoms with Gasteiger partial charge in [-0.3, -0.25) is 0 Å². The van der Waals surface area contributed by atoms with Gasteiger partial charge in [0.2, 0.25) is 0 Å². The van der Waals surface area contributed by atoms with Crippen LogP contribution >= 0.6 is 0 Å². The van der Waals surface area contributed by atoms with Gasteiger partial charge in [0.1, 0.15) is 0 Å². The zero-order valence-corrected chi connectivity index (χ0v) is 9.35. The van der Waals surface area contributed by atoms with Gasteiger partial charge in [-0.2, -0.15) is 0 Å². The van der Waals surface area contributed by atoms with Gasteiger partial charge in [0.05, 0.1) is 6.67 Å². The lowest BCUT2D eigenvalue weighted by molar-refractivity contribution is 0.838. The molecule has 0 aliphatic carbocycles. The Morgan fingerprint density at radius 3 is 2.07 bits per heavy atom. The molecular weight excluding hydrogens is 172 g/mol. The van der Waals surface area contributed by atoms with E-state index >= 15 is 0 Å². The molecule has 0 aromatic carbocycles. The van der Waals surface area contributed by atoms with Crippen LogP contribution in [0.3, 0.4) is 0 Å². The summed E-state index contributed by atoms with van der Waals surface area (Å²) >= 11 is 0. The third-order valence-electron chi connectivity index (χ3n) is 2.05. The van der Waals surface area contributed by atoms with E-state index in [1.54, 1.807) is 0 Å². The number of rotatable bonds is 5. The average Bonchev–Trinajstić information content (AvgIpc) is 2.13. The van der Waals surface area contributed by atoms with E-state index in [2.05, 4.69) is 18.5 Å². The predicted molar refractivity (Wildman–Crippen MR) is 63.7 cm³/mol. The maximum absolute atomic E-state index is 5.34. The quantitative estimate of drug-likeness (QED) is 0.519. The second-order valence-electron chi connectivity index (χ2n) is 3.34. The molecule has 78 valence electrons. The van der Waals surface area contributed by atoms with Gasteiger partial charge in [0.25, 0.3) is 0 Å². The van der Waals surface area contributed by atoms with Gasteiger partial charge >= 0.3 is 0 Å². The van der Waals surface area contributed by atoms with Crippen molar-refractivity contribution in [3.8, 4) is 0 Å². The van der Waals surface area contributed by atoms with Crippen LogP contribution in [0.2, 0.25) is 0 Å². The molecule has 0 aliphatic heterocycles. The third kappa shape index (κ3) is 4.67. The van der Waals surface area contributed by atoms with E-state index in [-0.39, 0.29) is 0 Å². The van der Waals surface area contributed by atoms with Crippen LogP contribution in [0.15, 0.2) is 47.7 Å². The zero-order valence-electron chi connectivity index (χ0n) is 9.35. The van der Waals surface area contributed by atoms with Crippen LogP contribution in [-0.2, 0) is 0 Å². The molecule has 0 radical (unpaired) electrons. The Morgan fingerprint density at radius 2 is 1.64 bits per heavy atom. The minimum absolute atomic E-state index is 0.410. The van der Waals surface area contributed by atoms with Crippen molar-refractivity contribution in [3.05, 3.63) is 47.7 Å². The summed E-state index contributed by atoms with van der Waals surface area (Å²) < 4.78 is 0. The summed E-state index contributed by atoms with van der Waals surface area (Å²) in [4.78, 5) is 0. The maximum atomic E-state index is 5.34. The Kier molecular flexibility index (Phi) is 5.65. The zero-order chi connectivity index (χ0) is 11.1. The van der Waals surface area contributed by atoms with Crippen LogP contribution in [0.4, 0.5) is 0 Å². The number of allylic oxidation sites excluding steroid dienone is 5. The first-order valence-electron chi connectivity index (χ1n) is 4.63. The minimum Gasteiger partial charge on any atom is -0.373 e. The van der Waals surface area contributed by atoms with Gasteiger partial charge in [0.15, 0.2) is 0 Å². The van der Waals surface area contributed by atoms with E-state index in [4.69, 9.17) is 5.73 Å². The second kappa shape index (κ2) is 6.22. The summed E-state index contributed by atoms with van der Waals surface area (Å²) in [5.74, 6) is 0. The molecule has 2 heteroatoms. The Labute approximate surface area is 86.9 Å². The molecule has 0 spiro atoms. The molecule has 0 aromatic rings. The van der Waals surface area contributed by atoms with Crippen LogP contribution in [-0.4, -0.2) is 6.67 Å². The van der Waals surface area contributed by atoms with Crippen LogP contribution in [0.25, 0.3) is 0 Å². The molecule has 0 rings (SSSR count). The molecule has 14 heavy (non-hydrogen) atoms. The first-order valence-corrected chi connectivity index (χ1v) is 4.63. The fourth-order valence-corrected chi connectivity index (χ4v) is 0.755. The third-order valence-corrected chi connectivity index (χ3v) is 2.05. The maximum Gasteiger partial charge on any atom is 0.0627 e. The van der Waals surface area contributed by atoms with Gasteiger partial charge in [-0.1, -0.05) is 30.9 Å². The van der Waals surface area contributed by atoms with Crippen molar-refractivity contribution in [1.29, 1.82) is 0 Å². The first kappa shape index (κ1) is 12.7. The van der Waals surface area contributed by atoms with Crippen LogP contribution in [0.1, 0.15) is 20.8 Å². The summed E-state index contributed by atoms with van der Waals surface area (Å²) in [5, 5.41) is 2.96. The SMILES string of the molecule is C=C(C)/C(C)=C\C=C(/C)C(=C)NCN. The molecule has 0 saturated heterocycles. The highest BCUT2D eigenvalue weighted by Gasteiger charge is 1.93. The largest absolute Gasteiger partial charge is 0.373 e. The summed E-state index contributed by atoms with van der Waals surface area (Å²) in [6.45, 7) is 14.1. The van der Waals surface area contributed by atoms with Gasteiger partial charge in [-0.25, -0.2) is 0 Å². The van der Waals surface area contributed by atoms with E-state index < -0.39 is 0 Å². The second-order valence-corrected chi connectivity index (χ2v) is 3.34. The van der Waals surface area contributed by atoms with E-state index in [1.807, 2.05) is 32.9 Å². The van der Waals surface area contributed by atoms with Gasteiger partial charge < -0.3 is 11.1 Å². The van der Waals surface area contributed by atoms with Crippen molar-refractivity contribution in [2.45, 2.75) is 20.8 Å². The van der Waals surface area contributed by atoms with Crippen molar-refractivity contribution in [2.24, 2.45) is 5.73 Å². The van der Waals surface area contributed by atoms with Crippen molar-refractivity contribution in [1.82, 2.24) is 5.32 Å². The number of hydrogen-bond acceptors (Lipinski definition) is 2. The summed E-state index contributed by atoms with van der Waals surface area (Å²) in [6.07, 6.45) is 4.04. The summed E-state index contributed by atoms with van der Waals surface area (Å²) in [7, 11) is 0. The number of nitrogens with one attached hydrogen (secondary N) is 1. The van der Waals surface area contributed by atoms with E-state index in [9.17, 15) is 0 Å². The van der Waals surface area contributed by atoms with Crippen molar-refractivity contribution >= 4 is 0 Å². The molecule has 0 heterocycles. The van der Waals surface area contributed by atoms with Crippen LogP contribution in [0.5, 0.6) is 0 Å². The fourth-order valence-electron chi connectivity index (χ4n) is 0.755. The monoisotopic (exact) mass is 192 g/mol. The van der Waals surface area contributed by atoms with E-state index in [0.717, 1.165) is 16.8 Å². The van der Waals surface area contributed by atoms with Crippen molar-refractivity contribution < 1.29 is 0 Å². The fraction of sp³-hybridized carbons (Fsp3) is 0.333.